The third kappa shape index (κ3) is 5.68. The normalized spacial score (nSPS) is 20.1. The summed E-state index contributed by atoms with van der Waals surface area (Å²) in [7, 11) is 1.65. The first-order valence-corrected chi connectivity index (χ1v) is 11.8. The lowest BCUT2D eigenvalue weighted by Gasteiger charge is -2.36. The van der Waals surface area contributed by atoms with E-state index in [9.17, 15) is 14.4 Å². The quantitative estimate of drug-likeness (QED) is 0.638. The van der Waals surface area contributed by atoms with E-state index in [0.717, 1.165) is 13.0 Å². The van der Waals surface area contributed by atoms with E-state index in [1.807, 2.05) is 24.8 Å². The van der Waals surface area contributed by atoms with Crippen LogP contribution in [0.1, 0.15) is 38.8 Å². The van der Waals surface area contributed by atoms with Crippen molar-refractivity contribution < 1.29 is 19.1 Å². The second-order valence-corrected chi connectivity index (χ2v) is 9.06. The van der Waals surface area contributed by atoms with E-state index in [-0.39, 0.29) is 24.5 Å². The Morgan fingerprint density at radius 1 is 1.18 bits per heavy atom. The molecule has 1 unspecified atom stereocenters. The molecule has 1 fully saturated rings. The summed E-state index contributed by atoms with van der Waals surface area (Å²) >= 11 is 6.43. The molecule has 2 aliphatic rings. The molecule has 33 heavy (non-hydrogen) atoms. The average Bonchev–Trinajstić information content (AvgIpc) is 3.02. The maximum atomic E-state index is 13.1. The van der Waals surface area contributed by atoms with Gasteiger partial charge in [-0.15, -0.1) is 0 Å². The molecule has 0 aliphatic carbocycles. The standard InChI is InChI=1S/C24H33ClN4O4/c1-5-33-23(31)20-19(15-28-11-8-12-29(14-13-28)22(30)16(2)3)27(4)24(32)26-21(20)17-9-6-7-10-18(17)25/h6-7,9-10,16,21H,5,8,11-15H2,1-4H3,(H,26,32). The maximum Gasteiger partial charge on any atom is 0.338 e. The lowest BCUT2D eigenvalue weighted by atomic mass is 9.94. The number of urea groups is 1. The molecule has 3 rings (SSSR count). The summed E-state index contributed by atoms with van der Waals surface area (Å²) in [6.45, 7) is 8.92. The van der Waals surface area contributed by atoms with Gasteiger partial charge in [-0.05, 0) is 25.0 Å². The number of rotatable bonds is 6. The third-order valence-electron chi connectivity index (χ3n) is 6.06. The van der Waals surface area contributed by atoms with Crippen molar-refractivity contribution in [2.45, 2.75) is 33.2 Å². The second kappa shape index (κ2) is 11.0. The summed E-state index contributed by atoms with van der Waals surface area (Å²) in [5, 5.41) is 3.36. The molecule has 1 aromatic rings. The van der Waals surface area contributed by atoms with E-state index in [1.165, 1.54) is 4.90 Å². The molecule has 0 bridgehead atoms. The predicted molar refractivity (Wildman–Crippen MR) is 127 cm³/mol. The van der Waals surface area contributed by atoms with Crippen LogP contribution >= 0.6 is 11.6 Å². The van der Waals surface area contributed by atoms with Gasteiger partial charge in [0.25, 0.3) is 0 Å². The van der Waals surface area contributed by atoms with Crippen LogP contribution in [-0.2, 0) is 14.3 Å². The van der Waals surface area contributed by atoms with Gasteiger partial charge in [-0.25, -0.2) is 9.59 Å². The van der Waals surface area contributed by atoms with Gasteiger partial charge in [0.15, 0.2) is 0 Å². The van der Waals surface area contributed by atoms with Gasteiger partial charge < -0.3 is 15.0 Å². The van der Waals surface area contributed by atoms with E-state index in [1.54, 1.807) is 32.2 Å². The Balaban J connectivity index is 1.95. The summed E-state index contributed by atoms with van der Waals surface area (Å²) in [4.78, 5) is 44.0. The molecule has 180 valence electrons. The summed E-state index contributed by atoms with van der Waals surface area (Å²) < 4.78 is 5.39. The molecule has 9 heteroatoms. The lowest BCUT2D eigenvalue weighted by molar-refractivity contribution is -0.139. The maximum absolute atomic E-state index is 13.1. The average molecular weight is 477 g/mol. The van der Waals surface area contributed by atoms with E-state index in [4.69, 9.17) is 16.3 Å². The molecular weight excluding hydrogens is 444 g/mol. The van der Waals surface area contributed by atoms with Crippen LogP contribution < -0.4 is 5.32 Å². The number of amides is 3. The molecule has 2 aliphatic heterocycles. The van der Waals surface area contributed by atoms with Crippen molar-refractivity contribution in [3.05, 3.63) is 46.1 Å². The summed E-state index contributed by atoms with van der Waals surface area (Å²) in [5.74, 6) is -0.369. The minimum atomic E-state index is -0.706. The number of nitrogens with one attached hydrogen (secondary N) is 1. The first-order chi connectivity index (χ1) is 15.7. The van der Waals surface area contributed by atoms with Crippen LogP contribution in [0.3, 0.4) is 0 Å². The van der Waals surface area contributed by atoms with Crippen molar-refractivity contribution in [3.63, 3.8) is 0 Å². The number of halogens is 1. The Bertz CT molecular complexity index is 933. The summed E-state index contributed by atoms with van der Waals surface area (Å²) in [5.41, 5.74) is 1.61. The fraction of sp³-hybridized carbons (Fsp3) is 0.542. The van der Waals surface area contributed by atoms with Crippen molar-refractivity contribution in [1.29, 1.82) is 0 Å². The third-order valence-corrected chi connectivity index (χ3v) is 6.40. The number of nitrogens with zero attached hydrogens (tertiary/aromatic N) is 3. The molecular formula is C24H33ClN4O4. The van der Waals surface area contributed by atoms with Crippen LogP contribution in [0, 0.1) is 5.92 Å². The number of carbonyl (C=O) groups is 3. The molecule has 1 atom stereocenters. The SMILES string of the molecule is CCOC(=O)C1=C(CN2CCCN(C(=O)C(C)C)CC2)N(C)C(=O)NC1c1ccccc1Cl. The van der Waals surface area contributed by atoms with E-state index in [0.29, 0.717) is 48.0 Å². The van der Waals surface area contributed by atoms with Crippen LogP contribution in [0.2, 0.25) is 5.02 Å². The molecule has 0 spiro atoms. The fourth-order valence-corrected chi connectivity index (χ4v) is 4.51. The molecule has 0 aromatic heterocycles. The van der Waals surface area contributed by atoms with E-state index in [2.05, 4.69) is 10.2 Å². The van der Waals surface area contributed by atoms with Crippen LogP contribution in [0.5, 0.6) is 0 Å². The van der Waals surface area contributed by atoms with Gasteiger partial charge >= 0.3 is 12.0 Å². The number of carbonyl (C=O) groups excluding carboxylic acids is 3. The van der Waals surface area contributed by atoms with Crippen molar-refractivity contribution in [3.8, 4) is 0 Å². The van der Waals surface area contributed by atoms with Crippen LogP contribution in [0.25, 0.3) is 0 Å². The van der Waals surface area contributed by atoms with Gasteiger partial charge in [0, 0.05) is 56.4 Å². The lowest BCUT2D eigenvalue weighted by Crippen LogP contribution is -2.49. The van der Waals surface area contributed by atoms with Crippen molar-refractivity contribution >= 4 is 29.5 Å². The number of likely N-dealkylation sites (N-methyl/N-ethyl adjacent to an activating group) is 1. The first kappa shape index (κ1) is 25.1. The molecule has 1 saturated heterocycles. The summed E-state index contributed by atoms with van der Waals surface area (Å²) in [6.07, 6.45) is 0.824. The highest BCUT2D eigenvalue weighted by molar-refractivity contribution is 6.31. The topological polar surface area (TPSA) is 82.2 Å². The van der Waals surface area contributed by atoms with Gasteiger partial charge in [-0.2, -0.15) is 0 Å². The molecule has 0 radical (unpaired) electrons. The summed E-state index contributed by atoms with van der Waals surface area (Å²) in [6, 6.07) is 6.15. The van der Waals surface area contributed by atoms with Gasteiger partial charge in [-0.3, -0.25) is 14.6 Å². The molecule has 1 N–H and O–H groups in total. The van der Waals surface area contributed by atoms with Crippen LogP contribution in [-0.4, -0.2) is 79.0 Å². The zero-order valence-corrected chi connectivity index (χ0v) is 20.5. The van der Waals surface area contributed by atoms with Crippen molar-refractivity contribution in [2.24, 2.45) is 5.92 Å². The highest BCUT2D eigenvalue weighted by atomic mass is 35.5. The van der Waals surface area contributed by atoms with Gasteiger partial charge in [-0.1, -0.05) is 43.6 Å². The van der Waals surface area contributed by atoms with Gasteiger partial charge in [0.2, 0.25) is 5.91 Å². The van der Waals surface area contributed by atoms with Crippen molar-refractivity contribution in [2.75, 3.05) is 46.4 Å². The Morgan fingerprint density at radius 2 is 1.91 bits per heavy atom. The Hall–Kier alpha value is -2.58. The number of ether oxygens (including phenoxy) is 1. The zero-order chi connectivity index (χ0) is 24.1. The Labute approximate surface area is 200 Å². The van der Waals surface area contributed by atoms with E-state index >= 15 is 0 Å². The molecule has 2 heterocycles. The zero-order valence-electron chi connectivity index (χ0n) is 19.8. The monoisotopic (exact) mass is 476 g/mol. The molecule has 3 amide bonds. The number of hydrogen-bond donors (Lipinski definition) is 1. The first-order valence-electron chi connectivity index (χ1n) is 11.4. The highest BCUT2D eigenvalue weighted by Gasteiger charge is 2.38. The second-order valence-electron chi connectivity index (χ2n) is 8.65. The molecule has 8 nitrogen and oxygen atoms in total. The largest absolute Gasteiger partial charge is 0.463 e. The van der Waals surface area contributed by atoms with Crippen LogP contribution in [0.4, 0.5) is 4.79 Å². The minimum absolute atomic E-state index is 0.0424. The van der Waals surface area contributed by atoms with Gasteiger partial charge in [0.05, 0.1) is 18.2 Å². The van der Waals surface area contributed by atoms with Crippen LogP contribution in [0.15, 0.2) is 35.5 Å². The van der Waals surface area contributed by atoms with E-state index < -0.39 is 12.0 Å². The number of esters is 1. The Morgan fingerprint density at radius 3 is 2.58 bits per heavy atom. The fourth-order valence-electron chi connectivity index (χ4n) is 4.27. The van der Waals surface area contributed by atoms with Gasteiger partial charge in [0.1, 0.15) is 0 Å². The number of benzene rings is 1. The smallest absolute Gasteiger partial charge is 0.338 e. The number of hydrogen-bond acceptors (Lipinski definition) is 5. The van der Waals surface area contributed by atoms with Crippen molar-refractivity contribution in [1.82, 2.24) is 20.0 Å². The predicted octanol–water partition coefficient (Wildman–Crippen LogP) is 3.04. The highest BCUT2D eigenvalue weighted by Crippen LogP contribution is 2.34. The molecule has 1 aromatic carbocycles. The minimum Gasteiger partial charge on any atom is -0.463 e. The molecule has 0 saturated carbocycles. The Kier molecular flexibility index (Phi) is 8.37.